The minimum absolute atomic E-state index is 0.0736. The summed E-state index contributed by atoms with van der Waals surface area (Å²) < 4.78 is 65.1. The molecule has 1 saturated carbocycles. The van der Waals surface area contributed by atoms with Gasteiger partial charge in [0.2, 0.25) is 0 Å². The van der Waals surface area contributed by atoms with Gasteiger partial charge in [0.1, 0.15) is 11.7 Å². The molecule has 0 heterocycles. The molecule has 1 fully saturated rings. The molecule has 0 aromatic rings. The molecule has 1 aliphatic rings. The van der Waals surface area contributed by atoms with Gasteiger partial charge in [-0.15, -0.1) is 0 Å². The van der Waals surface area contributed by atoms with Crippen LogP contribution in [0, 0.1) is 11.8 Å². The van der Waals surface area contributed by atoms with Crippen molar-refractivity contribution < 1.29 is 39.5 Å². The highest BCUT2D eigenvalue weighted by atomic mass is 32.2. The molecule has 0 aromatic heterocycles. The third kappa shape index (κ3) is 10.3. The van der Waals surface area contributed by atoms with E-state index in [-0.39, 0.29) is 25.0 Å². The molecular formula is C15H28O9S2. The molecule has 0 amide bonds. The van der Waals surface area contributed by atoms with Gasteiger partial charge in [-0.2, -0.15) is 16.8 Å². The largest absolute Gasteiger partial charge is 0.509 e. The smallest absolute Gasteiger partial charge is 0.431 e. The van der Waals surface area contributed by atoms with E-state index in [9.17, 15) is 21.6 Å². The van der Waals surface area contributed by atoms with Crippen molar-refractivity contribution in [3.63, 3.8) is 0 Å². The van der Waals surface area contributed by atoms with Crippen LogP contribution in [-0.4, -0.2) is 60.4 Å². The molecule has 0 unspecified atom stereocenters. The van der Waals surface area contributed by atoms with Crippen LogP contribution >= 0.6 is 0 Å². The second-order valence-corrected chi connectivity index (χ2v) is 10.8. The molecule has 0 aromatic carbocycles. The minimum atomic E-state index is -3.65. The van der Waals surface area contributed by atoms with Crippen LogP contribution in [0.2, 0.25) is 0 Å². The number of rotatable bonds is 7. The monoisotopic (exact) mass is 416 g/mol. The molecule has 11 heteroatoms. The second kappa shape index (κ2) is 8.85. The molecule has 0 bridgehead atoms. The number of hydrogen-bond donors (Lipinski definition) is 0. The van der Waals surface area contributed by atoms with Crippen molar-refractivity contribution in [3.8, 4) is 0 Å². The van der Waals surface area contributed by atoms with Gasteiger partial charge in [0, 0.05) is 0 Å². The predicted molar refractivity (Wildman–Crippen MR) is 93.5 cm³/mol. The summed E-state index contributed by atoms with van der Waals surface area (Å²) in [5, 5.41) is 0. The normalized spacial score (nSPS) is 24.9. The van der Waals surface area contributed by atoms with Crippen molar-refractivity contribution in [1.82, 2.24) is 0 Å². The third-order valence-corrected chi connectivity index (χ3v) is 4.87. The number of carbonyl (C=O) groups is 1. The fourth-order valence-corrected chi connectivity index (χ4v) is 3.49. The summed E-state index contributed by atoms with van der Waals surface area (Å²) in [6.45, 7) is 4.95. The number of ether oxygens (including phenoxy) is 2. The molecule has 0 N–H and O–H groups in total. The van der Waals surface area contributed by atoms with Gasteiger partial charge < -0.3 is 9.47 Å². The highest BCUT2D eigenvalue weighted by Crippen LogP contribution is 2.33. The average Bonchev–Trinajstić information content (AvgIpc) is 2.40. The number of carbonyl (C=O) groups excluding carboxylic acids is 1. The van der Waals surface area contributed by atoms with Gasteiger partial charge in [-0.05, 0) is 51.9 Å². The van der Waals surface area contributed by atoms with Gasteiger partial charge in [0.15, 0.2) is 0 Å². The zero-order chi connectivity index (χ0) is 20.2. The van der Waals surface area contributed by atoms with Crippen LogP contribution < -0.4 is 0 Å². The van der Waals surface area contributed by atoms with Crippen molar-refractivity contribution in [2.45, 2.75) is 51.7 Å². The molecule has 0 spiro atoms. The molecule has 26 heavy (non-hydrogen) atoms. The third-order valence-electron chi connectivity index (χ3n) is 3.74. The predicted octanol–water partition coefficient (Wildman–Crippen LogP) is 1.68. The quantitative estimate of drug-likeness (QED) is 0.450. The SMILES string of the molecule is CC(C)(C)OC(=O)O[C@@H]1CC[C@H](COS(C)(=O)=O)[C@@H](COS(C)(=O)=O)C1. The molecular weight excluding hydrogens is 388 g/mol. The van der Waals surface area contributed by atoms with E-state index in [0.29, 0.717) is 19.3 Å². The van der Waals surface area contributed by atoms with Crippen molar-refractivity contribution in [2.75, 3.05) is 25.7 Å². The van der Waals surface area contributed by atoms with Gasteiger partial charge in [0.25, 0.3) is 20.2 Å². The Morgan fingerprint density at radius 2 is 1.42 bits per heavy atom. The average molecular weight is 417 g/mol. The van der Waals surface area contributed by atoms with Crippen molar-refractivity contribution >= 4 is 26.4 Å². The summed E-state index contributed by atoms with van der Waals surface area (Å²) in [6, 6.07) is 0. The molecule has 1 rings (SSSR count). The molecule has 9 nitrogen and oxygen atoms in total. The van der Waals surface area contributed by atoms with E-state index in [4.69, 9.17) is 17.8 Å². The van der Waals surface area contributed by atoms with Crippen LogP contribution in [0.3, 0.4) is 0 Å². The van der Waals surface area contributed by atoms with E-state index < -0.39 is 38.1 Å². The lowest BCUT2D eigenvalue weighted by Crippen LogP contribution is -2.37. The minimum Gasteiger partial charge on any atom is -0.431 e. The summed E-state index contributed by atoms with van der Waals surface area (Å²) >= 11 is 0. The zero-order valence-corrected chi connectivity index (χ0v) is 17.4. The lowest BCUT2D eigenvalue weighted by Gasteiger charge is -2.35. The lowest BCUT2D eigenvalue weighted by atomic mass is 9.79. The Balaban J connectivity index is 2.71. The van der Waals surface area contributed by atoms with E-state index in [1.807, 2.05) is 0 Å². The first-order valence-corrected chi connectivity index (χ1v) is 11.9. The molecule has 0 aliphatic heterocycles. The Labute approximate surface area is 155 Å². The highest BCUT2D eigenvalue weighted by Gasteiger charge is 2.35. The summed E-state index contributed by atoms with van der Waals surface area (Å²) in [5.74, 6) is -0.572. The summed E-state index contributed by atoms with van der Waals surface area (Å²) in [5.41, 5.74) is -0.684. The van der Waals surface area contributed by atoms with Crippen LogP contribution in [0.15, 0.2) is 0 Å². The van der Waals surface area contributed by atoms with Crippen LogP contribution in [-0.2, 0) is 38.1 Å². The Bertz CT molecular complexity index is 676. The van der Waals surface area contributed by atoms with Crippen molar-refractivity contribution in [1.29, 1.82) is 0 Å². The van der Waals surface area contributed by atoms with E-state index >= 15 is 0 Å². The van der Waals surface area contributed by atoms with Gasteiger partial charge in [-0.1, -0.05) is 0 Å². The molecule has 0 radical (unpaired) electrons. The van der Waals surface area contributed by atoms with Crippen LogP contribution in [0.25, 0.3) is 0 Å². The fourth-order valence-electron chi connectivity index (χ4n) is 2.65. The first kappa shape index (κ1) is 23.1. The second-order valence-electron chi connectivity index (χ2n) is 7.51. The highest BCUT2D eigenvalue weighted by molar-refractivity contribution is 7.86. The Morgan fingerprint density at radius 1 is 0.923 bits per heavy atom. The number of hydrogen-bond acceptors (Lipinski definition) is 9. The van der Waals surface area contributed by atoms with E-state index in [1.54, 1.807) is 20.8 Å². The molecule has 1 aliphatic carbocycles. The van der Waals surface area contributed by atoms with E-state index in [2.05, 4.69) is 0 Å². The van der Waals surface area contributed by atoms with Crippen LogP contribution in [0.5, 0.6) is 0 Å². The molecule has 154 valence electrons. The Hall–Kier alpha value is -0.910. The zero-order valence-electron chi connectivity index (χ0n) is 15.8. The Morgan fingerprint density at radius 3 is 1.88 bits per heavy atom. The molecule has 3 atom stereocenters. The van der Waals surface area contributed by atoms with Crippen LogP contribution in [0.4, 0.5) is 4.79 Å². The van der Waals surface area contributed by atoms with Gasteiger partial charge in [-0.3, -0.25) is 8.37 Å². The van der Waals surface area contributed by atoms with Gasteiger partial charge in [0.05, 0.1) is 25.7 Å². The summed E-state index contributed by atoms with van der Waals surface area (Å²) in [6.07, 6.45) is 1.95. The van der Waals surface area contributed by atoms with Gasteiger partial charge in [-0.25, -0.2) is 4.79 Å². The standard InChI is InChI=1S/C15H28O9S2/c1-15(2,3)24-14(16)23-13-7-6-11(9-21-25(4,17)18)12(8-13)10-22-26(5,19)20/h11-13H,6-10H2,1-5H3/t11-,12-,13-/m1/s1. The van der Waals surface area contributed by atoms with Crippen molar-refractivity contribution in [2.24, 2.45) is 11.8 Å². The fraction of sp³-hybridized carbons (Fsp3) is 0.933. The Kier molecular flexibility index (Phi) is 7.88. The van der Waals surface area contributed by atoms with E-state index in [1.165, 1.54) is 0 Å². The van der Waals surface area contributed by atoms with E-state index in [0.717, 1.165) is 12.5 Å². The maximum Gasteiger partial charge on any atom is 0.509 e. The van der Waals surface area contributed by atoms with Crippen molar-refractivity contribution in [3.05, 3.63) is 0 Å². The summed E-state index contributed by atoms with van der Waals surface area (Å²) in [4.78, 5) is 11.8. The summed E-state index contributed by atoms with van der Waals surface area (Å²) in [7, 11) is -7.25. The lowest BCUT2D eigenvalue weighted by molar-refractivity contribution is -0.0490. The molecule has 0 saturated heterocycles. The maximum atomic E-state index is 11.8. The first-order chi connectivity index (χ1) is 11.6. The first-order valence-electron chi connectivity index (χ1n) is 8.23. The van der Waals surface area contributed by atoms with Gasteiger partial charge >= 0.3 is 6.16 Å². The topological polar surface area (TPSA) is 122 Å². The van der Waals surface area contributed by atoms with Crippen LogP contribution in [0.1, 0.15) is 40.0 Å². The maximum absolute atomic E-state index is 11.8.